The summed E-state index contributed by atoms with van der Waals surface area (Å²) >= 11 is 0. The van der Waals surface area contributed by atoms with E-state index in [4.69, 9.17) is 0 Å². The molecule has 0 unspecified atom stereocenters. The summed E-state index contributed by atoms with van der Waals surface area (Å²) in [5, 5.41) is 13.7. The van der Waals surface area contributed by atoms with E-state index < -0.39 is 0 Å². The van der Waals surface area contributed by atoms with Gasteiger partial charge in [-0.1, -0.05) is 18.9 Å². The van der Waals surface area contributed by atoms with Crippen molar-refractivity contribution in [2.75, 3.05) is 44.7 Å². The van der Waals surface area contributed by atoms with Crippen LogP contribution in [0.3, 0.4) is 0 Å². The quantitative estimate of drug-likeness (QED) is 0.273. The van der Waals surface area contributed by atoms with Crippen LogP contribution in [-0.2, 0) is 6.54 Å². The predicted octanol–water partition coefficient (Wildman–Crippen LogP) is 5.20. The number of likely N-dealkylation sites (N-methyl/N-ethyl adjacent to an activating group) is 1. The number of rotatable bonds is 7. The molecule has 1 aliphatic heterocycles. The van der Waals surface area contributed by atoms with E-state index in [0.717, 1.165) is 78.6 Å². The molecule has 8 heteroatoms. The first-order chi connectivity index (χ1) is 19.2. The van der Waals surface area contributed by atoms with E-state index in [0.29, 0.717) is 5.65 Å². The first-order valence-corrected chi connectivity index (χ1v) is 14.3. The molecule has 3 N–H and O–H groups in total. The van der Waals surface area contributed by atoms with Gasteiger partial charge < -0.3 is 20.1 Å². The Labute approximate surface area is 228 Å². The molecule has 2 fully saturated rings. The van der Waals surface area contributed by atoms with Crippen LogP contribution in [0.1, 0.15) is 31.2 Å². The minimum Gasteiger partial charge on any atom is -0.368 e. The number of aromatic nitrogens is 5. The van der Waals surface area contributed by atoms with Crippen molar-refractivity contribution in [3.05, 3.63) is 60.6 Å². The molecule has 1 saturated carbocycles. The lowest BCUT2D eigenvalue weighted by Crippen LogP contribution is -2.44. The number of hydrogen-bond acceptors (Lipinski definition) is 6. The summed E-state index contributed by atoms with van der Waals surface area (Å²) in [5.41, 5.74) is 8.44. The Bertz CT molecular complexity index is 1590. The molecule has 1 saturated heterocycles. The molecule has 0 amide bonds. The third-order valence-electron chi connectivity index (χ3n) is 8.53. The molecule has 0 spiro atoms. The maximum absolute atomic E-state index is 4.69. The van der Waals surface area contributed by atoms with Gasteiger partial charge in [0.15, 0.2) is 5.65 Å². The fourth-order valence-electron chi connectivity index (χ4n) is 6.24. The van der Waals surface area contributed by atoms with Gasteiger partial charge in [0.2, 0.25) is 0 Å². The number of H-pyrrole nitrogens is 2. The van der Waals surface area contributed by atoms with Crippen LogP contribution in [0.5, 0.6) is 0 Å². The van der Waals surface area contributed by atoms with Crippen LogP contribution in [0.2, 0.25) is 0 Å². The molecular weight excluding hydrogens is 484 g/mol. The SMILES string of the molecule is CN1CCN(c2cccc3[nH]c(-c4[nH]nc5ncc(-c6cncc(CNCC7CCCC7)c6)cc45)cc23)CC1. The lowest BCUT2D eigenvalue weighted by atomic mass is 10.1. The van der Waals surface area contributed by atoms with Crippen LogP contribution in [-0.4, -0.2) is 69.8 Å². The van der Waals surface area contributed by atoms with Crippen LogP contribution < -0.4 is 10.2 Å². The summed E-state index contributed by atoms with van der Waals surface area (Å²) in [5.74, 6) is 0.828. The third-order valence-corrected chi connectivity index (χ3v) is 8.53. The second kappa shape index (κ2) is 10.4. The number of aromatic amines is 2. The Morgan fingerprint density at radius 1 is 0.949 bits per heavy atom. The van der Waals surface area contributed by atoms with Gasteiger partial charge in [-0.3, -0.25) is 10.1 Å². The lowest BCUT2D eigenvalue weighted by molar-refractivity contribution is 0.313. The number of piperazine rings is 1. The number of benzene rings is 1. The van der Waals surface area contributed by atoms with E-state index in [-0.39, 0.29) is 0 Å². The van der Waals surface area contributed by atoms with Crippen molar-refractivity contribution in [1.29, 1.82) is 0 Å². The monoisotopic (exact) mass is 520 g/mol. The van der Waals surface area contributed by atoms with Crippen molar-refractivity contribution in [2.45, 2.75) is 32.2 Å². The molecule has 0 bridgehead atoms. The second-order valence-corrected chi connectivity index (χ2v) is 11.3. The molecule has 7 rings (SSSR count). The van der Waals surface area contributed by atoms with Crippen LogP contribution in [0.15, 0.2) is 55.0 Å². The minimum atomic E-state index is 0.717. The van der Waals surface area contributed by atoms with Gasteiger partial charge >= 0.3 is 0 Å². The number of anilines is 1. The van der Waals surface area contributed by atoms with Gasteiger partial charge in [-0.25, -0.2) is 4.98 Å². The van der Waals surface area contributed by atoms with Crippen molar-refractivity contribution in [1.82, 2.24) is 35.4 Å². The average Bonchev–Trinajstić information content (AvgIpc) is 3.73. The number of hydrogen-bond donors (Lipinski definition) is 3. The minimum absolute atomic E-state index is 0.717. The van der Waals surface area contributed by atoms with E-state index in [1.807, 2.05) is 18.6 Å². The summed E-state index contributed by atoms with van der Waals surface area (Å²) in [6.07, 6.45) is 11.3. The summed E-state index contributed by atoms with van der Waals surface area (Å²) < 4.78 is 0. The van der Waals surface area contributed by atoms with Gasteiger partial charge in [0, 0.05) is 84.4 Å². The van der Waals surface area contributed by atoms with E-state index in [1.165, 1.54) is 42.3 Å². The largest absolute Gasteiger partial charge is 0.368 e. The van der Waals surface area contributed by atoms with Gasteiger partial charge in [0.25, 0.3) is 0 Å². The fourth-order valence-corrected chi connectivity index (χ4v) is 6.24. The Balaban J connectivity index is 1.17. The summed E-state index contributed by atoms with van der Waals surface area (Å²) in [6, 6.07) is 13.2. The highest BCUT2D eigenvalue weighted by molar-refractivity contribution is 6.00. The molecule has 0 radical (unpaired) electrons. The van der Waals surface area contributed by atoms with Crippen LogP contribution in [0.25, 0.3) is 44.5 Å². The van der Waals surface area contributed by atoms with Crippen molar-refractivity contribution in [3.8, 4) is 22.5 Å². The van der Waals surface area contributed by atoms with Gasteiger partial charge in [0.05, 0.1) is 11.4 Å². The number of fused-ring (bicyclic) bond motifs is 2. The zero-order chi connectivity index (χ0) is 26.2. The maximum Gasteiger partial charge on any atom is 0.181 e. The fraction of sp³-hybridized carbons (Fsp3) is 0.387. The molecule has 0 atom stereocenters. The van der Waals surface area contributed by atoms with Gasteiger partial charge in [-0.15, -0.1) is 0 Å². The molecule has 4 aromatic heterocycles. The van der Waals surface area contributed by atoms with E-state index in [9.17, 15) is 0 Å². The van der Waals surface area contributed by atoms with E-state index in [2.05, 4.69) is 83.7 Å². The van der Waals surface area contributed by atoms with Crippen molar-refractivity contribution in [2.24, 2.45) is 5.92 Å². The summed E-state index contributed by atoms with van der Waals surface area (Å²) in [7, 11) is 2.19. The molecule has 5 heterocycles. The molecule has 39 heavy (non-hydrogen) atoms. The summed E-state index contributed by atoms with van der Waals surface area (Å²) in [4.78, 5) is 17.7. The first-order valence-electron chi connectivity index (χ1n) is 14.3. The Kier molecular flexibility index (Phi) is 6.50. The normalized spacial score (nSPS) is 17.1. The van der Waals surface area contributed by atoms with E-state index in [1.54, 1.807) is 0 Å². The summed E-state index contributed by atoms with van der Waals surface area (Å²) in [6.45, 7) is 6.19. The molecule has 200 valence electrons. The molecule has 1 aliphatic carbocycles. The van der Waals surface area contributed by atoms with Crippen molar-refractivity contribution >= 4 is 27.6 Å². The van der Waals surface area contributed by atoms with Gasteiger partial charge in [-0.2, -0.15) is 5.10 Å². The number of nitrogens with one attached hydrogen (secondary N) is 3. The molecule has 8 nitrogen and oxygen atoms in total. The molecule has 1 aromatic carbocycles. The van der Waals surface area contributed by atoms with Crippen molar-refractivity contribution < 1.29 is 0 Å². The lowest BCUT2D eigenvalue weighted by Gasteiger charge is -2.34. The maximum atomic E-state index is 4.69. The zero-order valence-corrected chi connectivity index (χ0v) is 22.6. The molecule has 2 aliphatic rings. The highest BCUT2D eigenvalue weighted by atomic mass is 15.2. The van der Waals surface area contributed by atoms with Crippen LogP contribution in [0, 0.1) is 5.92 Å². The highest BCUT2D eigenvalue weighted by Gasteiger charge is 2.19. The third kappa shape index (κ3) is 4.90. The second-order valence-electron chi connectivity index (χ2n) is 11.3. The Hall–Kier alpha value is -3.75. The van der Waals surface area contributed by atoms with Gasteiger partial charge in [0.1, 0.15) is 0 Å². The first kappa shape index (κ1) is 24.3. The Morgan fingerprint density at radius 2 is 1.79 bits per heavy atom. The number of nitrogens with zero attached hydrogens (tertiary/aromatic N) is 5. The van der Waals surface area contributed by atoms with Crippen LogP contribution in [0.4, 0.5) is 5.69 Å². The molecular formula is C31H36N8. The van der Waals surface area contributed by atoms with E-state index >= 15 is 0 Å². The Morgan fingerprint density at radius 3 is 2.67 bits per heavy atom. The van der Waals surface area contributed by atoms with Gasteiger partial charge in [-0.05, 0) is 68.2 Å². The zero-order valence-electron chi connectivity index (χ0n) is 22.6. The number of pyridine rings is 2. The molecule has 5 aromatic rings. The van der Waals surface area contributed by atoms with Crippen molar-refractivity contribution in [3.63, 3.8) is 0 Å². The smallest absolute Gasteiger partial charge is 0.181 e. The van der Waals surface area contributed by atoms with Crippen LogP contribution >= 0.6 is 0 Å². The standard InChI is InChI=1S/C31H36N8/c1-38-9-11-39(12-10-38)29-8-4-7-27-25(29)15-28(35-27)30-26-14-24(20-34-31(26)37-36-30)23-13-22(18-33-19-23)17-32-16-21-5-2-3-6-21/h4,7-8,13-15,18-21,32,35H,2-3,5-6,9-12,16-17H2,1H3,(H,34,36,37). The highest BCUT2D eigenvalue weighted by Crippen LogP contribution is 2.34. The predicted molar refractivity (Wildman–Crippen MR) is 158 cm³/mol. The average molecular weight is 521 g/mol. The topological polar surface area (TPSA) is 88.8 Å².